The van der Waals surface area contributed by atoms with Crippen LogP contribution in [0.25, 0.3) is 0 Å². The summed E-state index contributed by atoms with van der Waals surface area (Å²) in [5, 5.41) is 15.8. The van der Waals surface area contributed by atoms with Crippen LogP contribution >= 0.6 is 0 Å². The molecule has 4 N–H and O–H groups in total. The lowest BCUT2D eigenvalue weighted by molar-refractivity contribution is -0.139. The van der Waals surface area contributed by atoms with Gasteiger partial charge in [0.2, 0.25) is 5.91 Å². The average Bonchev–Trinajstić information content (AvgIpc) is 2.26. The Morgan fingerprint density at radius 2 is 1.82 bits per heavy atom. The van der Waals surface area contributed by atoms with Crippen LogP contribution in [0.2, 0.25) is 0 Å². The number of nitrogens with one attached hydrogen (secondary N) is 3. The van der Waals surface area contributed by atoms with E-state index in [0.717, 1.165) is 0 Å². The van der Waals surface area contributed by atoms with Gasteiger partial charge in [-0.15, -0.1) is 0 Å². The number of urea groups is 1. The zero-order chi connectivity index (χ0) is 13.4. The number of carboxylic acid groups (broad SMARTS) is 1. The molecule has 0 aliphatic carbocycles. The molecule has 0 aliphatic rings. The molecule has 0 aromatic carbocycles. The largest absolute Gasteiger partial charge is 0.480 e. The summed E-state index contributed by atoms with van der Waals surface area (Å²) in [6, 6.07) is -2.31. The lowest BCUT2D eigenvalue weighted by Gasteiger charge is -2.17. The number of amides is 3. The van der Waals surface area contributed by atoms with Crippen molar-refractivity contribution in [2.45, 2.75) is 38.8 Å². The highest BCUT2D eigenvalue weighted by Crippen LogP contribution is 1.96. The van der Waals surface area contributed by atoms with E-state index in [1.165, 1.54) is 14.0 Å². The maximum atomic E-state index is 11.4. The third-order valence-corrected chi connectivity index (χ3v) is 2.17. The minimum absolute atomic E-state index is 0.344. The van der Waals surface area contributed by atoms with Gasteiger partial charge in [-0.3, -0.25) is 4.79 Å². The van der Waals surface area contributed by atoms with Gasteiger partial charge in [0.25, 0.3) is 0 Å². The summed E-state index contributed by atoms with van der Waals surface area (Å²) in [4.78, 5) is 33.3. The molecule has 7 heteroatoms. The van der Waals surface area contributed by atoms with Gasteiger partial charge in [-0.1, -0.05) is 13.3 Å². The molecule has 0 saturated carbocycles. The summed E-state index contributed by atoms with van der Waals surface area (Å²) >= 11 is 0. The second-order valence-corrected chi connectivity index (χ2v) is 3.63. The van der Waals surface area contributed by atoms with Gasteiger partial charge in [0.1, 0.15) is 12.1 Å². The van der Waals surface area contributed by atoms with Crippen molar-refractivity contribution in [3.63, 3.8) is 0 Å². The molecular weight excluding hydrogens is 226 g/mol. The van der Waals surface area contributed by atoms with Gasteiger partial charge in [-0.05, 0) is 13.3 Å². The van der Waals surface area contributed by atoms with Gasteiger partial charge in [0.05, 0.1) is 0 Å². The van der Waals surface area contributed by atoms with Crippen molar-refractivity contribution in [1.29, 1.82) is 0 Å². The van der Waals surface area contributed by atoms with Gasteiger partial charge >= 0.3 is 12.0 Å². The Bertz CT molecular complexity index is 293. The Kier molecular flexibility index (Phi) is 6.69. The minimum Gasteiger partial charge on any atom is -0.480 e. The smallest absolute Gasteiger partial charge is 0.326 e. The molecule has 0 rings (SSSR count). The van der Waals surface area contributed by atoms with Crippen LogP contribution in [0, 0.1) is 0 Å². The summed E-state index contributed by atoms with van der Waals surface area (Å²) in [7, 11) is 1.45. The number of aliphatic carboxylic acids is 1. The topological polar surface area (TPSA) is 108 Å². The molecule has 0 bridgehead atoms. The van der Waals surface area contributed by atoms with Crippen molar-refractivity contribution in [2.24, 2.45) is 0 Å². The molecule has 0 aromatic heterocycles. The lowest BCUT2D eigenvalue weighted by Crippen LogP contribution is -2.51. The number of carbonyl (C=O) groups excluding carboxylic acids is 2. The first-order valence-corrected chi connectivity index (χ1v) is 5.43. The molecule has 2 unspecified atom stereocenters. The summed E-state index contributed by atoms with van der Waals surface area (Å²) in [5.74, 6) is -1.43. The highest BCUT2D eigenvalue weighted by atomic mass is 16.4. The monoisotopic (exact) mass is 245 g/mol. The van der Waals surface area contributed by atoms with E-state index in [9.17, 15) is 14.4 Å². The number of carboxylic acids is 1. The molecule has 17 heavy (non-hydrogen) atoms. The molecule has 98 valence electrons. The van der Waals surface area contributed by atoms with Gasteiger partial charge in [-0.2, -0.15) is 0 Å². The lowest BCUT2D eigenvalue weighted by atomic mass is 10.2. The standard InChI is InChI=1S/C10H19N3O4/c1-4-5-7(9(15)16)13-10(17)12-6(2)8(14)11-3/h6-7H,4-5H2,1-3H3,(H,11,14)(H,15,16)(H2,12,13,17). The summed E-state index contributed by atoms with van der Waals surface area (Å²) in [6.45, 7) is 3.33. The maximum Gasteiger partial charge on any atom is 0.326 e. The van der Waals surface area contributed by atoms with E-state index in [0.29, 0.717) is 12.8 Å². The Morgan fingerprint density at radius 1 is 1.24 bits per heavy atom. The molecule has 0 aliphatic heterocycles. The van der Waals surface area contributed by atoms with Crippen molar-refractivity contribution in [3.8, 4) is 0 Å². The zero-order valence-electron chi connectivity index (χ0n) is 10.2. The van der Waals surface area contributed by atoms with E-state index < -0.39 is 24.1 Å². The normalized spacial score (nSPS) is 13.4. The third kappa shape index (κ3) is 5.74. The molecule has 2 atom stereocenters. The maximum absolute atomic E-state index is 11.4. The molecule has 0 spiro atoms. The highest BCUT2D eigenvalue weighted by Gasteiger charge is 2.20. The first-order chi connectivity index (χ1) is 7.92. The molecule has 0 heterocycles. The second-order valence-electron chi connectivity index (χ2n) is 3.63. The summed E-state index contributed by atoms with van der Waals surface area (Å²) in [5.41, 5.74) is 0. The molecule has 0 radical (unpaired) electrons. The average molecular weight is 245 g/mol. The van der Waals surface area contributed by atoms with Crippen LogP contribution in [0.5, 0.6) is 0 Å². The number of hydrogen-bond acceptors (Lipinski definition) is 3. The summed E-state index contributed by atoms with van der Waals surface area (Å²) in [6.07, 6.45) is 0.985. The van der Waals surface area contributed by atoms with Crippen molar-refractivity contribution < 1.29 is 19.5 Å². The van der Waals surface area contributed by atoms with E-state index in [1.54, 1.807) is 0 Å². The van der Waals surface area contributed by atoms with E-state index in [4.69, 9.17) is 5.11 Å². The van der Waals surface area contributed by atoms with Crippen molar-refractivity contribution in [1.82, 2.24) is 16.0 Å². The van der Waals surface area contributed by atoms with E-state index in [1.807, 2.05) is 6.92 Å². The zero-order valence-corrected chi connectivity index (χ0v) is 10.2. The van der Waals surface area contributed by atoms with Crippen molar-refractivity contribution in [3.05, 3.63) is 0 Å². The minimum atomic E-state index is -1.09. The fourth-order valence-electron chi connectivity index (χ4n) is 1.22. The number of rotatable bonds is 6. The summed E-state index contributed by atoms with van der Waals surface area (Å²) < 4.78 is 0. The van der Waals surface area contributed by atoms with E-state index >= 15 is 0 Å². The first kappa shape index (κ1) is 15.2. The quantitative estimate of drug-likeness (QED) is 0.514. The Labute approximate surface area is 100.0 Å². The molecule has 0 saturated heterocycles. The van der Waals surface area contributed by atoms with Crippen LogP contribution in [-0.4, -0.2) is 42.1 Å². The predicted molar refractivity (Wildman–Crippen MR) is 61.5 cm³/mol. The van der Waals surface area contributed by atoms with Gasteiger partial charge in [-0.25, -0.2) is 9.59 Å². The van der Waals surface area contributed by atoms with Gasteiger partial charge in [0.15, 0.2) is 0 Å². The van der Waals surface area contributed by atoms with Crippen molar-refractivity contribution in [2.75, 3.05) is 7.05 Å². The second kappa shape index (κ2) is 7.48. The molecular formula is C10H19N3O4. The Morgan fingerprint density at radius 3 is 2.24 bits per heavy atom. The number of carbonyl (C=O) groups is 3. The Balaban J connectivity index is 4.23. The number of likely N-dealkylation sites (N-methyl/N-ethyl adjacent to an activating group) is 1. The van der Waals surface area contributed by atoms with Crippen LogP contribution in [0.4, 0.5) is 4.79 Å². The van der Waals surface area contributed by atoms with Crippen LogP contribution in [0.3, 0.4) is 0 Å². The molecule has 3 amide bonds. The van der Waals surface area contributed by atoms with Gasteiger partial charge < -0.3 is 21.1 Å². The SMILES string of the molecule is CCCC(NC(=O)NC(C)C(=O)NC)C(=O)O. The number of hydrogen-bond donors (Lipinski definition) is 4. The van der Waals surface area contributed by atoms with Crippen LogP contribution in [-0.2, 0) is 9.59 Å². The fraction of sp³-hybridized carbons (Fsp3) is 0.700. The molecule has 7 nitrogen and oxygen atoms in total. The van der Waals surface area contributed by atoms with E-state index in [-0.39, 0.29) is 5.91 Å². The molecule has 0 fully saturated rings. The van der Waals surface area contributed by atoms with Gasteiger partial charge in [0, 0.05) is 7.05 Å². The van der Waals surface area contributed by atoms with Crippen LogP contribution in [0.1, 0.15) is 26.7 Å². The first-order valence-electron chi connectivity index (χ1n) is 5.43. The highest BCUT2D eigenvalue weighted by molar-refractivity contribution is 5.88. The molecule has 0 aromatic rings. The predicted octanol–water partition coefficient (Wildman–Crippen LogP) is -0.327. The Hall–Kier alpha value is -1.79. The fourth-order valence-corrected chi connectivity index (χ4v) is 1.22. The van der Waals surface area contributed by atoms with Crippen LogP contribution < -0.4 is 16.0 Å². The van der Waals surface area contributed by atoms with E-state index in [2.05, 4.69) is 16.0 Å². The third-order valence-electron chi connectivity index (χ3n) is 2.17. The van der Waals surface area contributed by atoms with Crippen LogP contribution in [0.15, 0.2) is 0 Å². The van der Waals surface area contributed by atoms with Crippen molar-refractivity contribution >= 4 is 17.9 Å².